The minimum absolute atomic E-state index is 0.0760. The zero-order valence-corrected chi connectivity index (χ0v) is 11.1. The number of aliphatic hydroxyl groups excluding tert-OH is 1. The van der Waals surface area contributed by atoms with Crippen LogP contribution in [-0.2, 0) is 0 Å². The molecule has 1 heterocycles. The van der Waals surface area contributed by atoms with Crippen molar-refractivity contribution in [1.29, 1.82) is 0 Å². The Balaban J connectivity index is 2.30. The van der Waals surface area contributed by atoms with Crippen LogP contribution in [0.25, 0.3) is 0 Å². The second kappa shape index (κ2) is 5.44. The first-order chi connectivity index (χ1) is 9.02. The number of hydrogen-bond acceptors (Lipinski definition) is 5. The van der Waals surface area contributed by atoms with E-state index in [0.717, 1.165) is 6.42 Å². The van der Waals surface area contributed by atoms with E-state index in [-0.39, 0.29) is 16.5 Å². The van der Waals surface area contributed by atoms with Crippen LogP contribution in [0.4, 0.5) is 11.4 Å². The maximum atomic E-state index is 11.1. The quantitative estimate of drug-likeness (QED) is 0.664. The fourth-order valence-electron chi connectivity index (χ4n) is 2.44. The van der Waals surface area contributed by atoms with Gasteiger partial charge in [0.1, 0.15) is 11.4 Å². The molecule has 0 spiro atoms. The smallest absolute Gasteiger partial charge is 0.292 e. The maximum absolute atomic E-state index is 11.1. The van der Waals surface area contributed by atoms with Gasteiger partial charge in [-0.25, -0.2) is 0 Å². The van der Waals surface area contributed by atoms with Gasteiger partial charge < -0.3 is 14.7 Å². The Bertz CT molecular complexity index is 476. The molecule has 1 aliphatic heterocycles. The lowest BCUT2D eigenvalue weighted by atomic mass is 10.0. The largest absolute Gasteiger partial charge is 0.497 e. The fraction of sp³-hybridized carbons (Fsp3) is 0.538. The molecule has 2 unspecified atom stereocenters. The van der Waals surface area contributed by atoms with Crippen molar-refractivity contribution in [1.82, 2.24) is 0 Å². The van der Waals surface area contributed by atoms with Gasteiger partial charge in [-0.1, -0.05) is 0 Å². The van der Waals surface area contributed by atoms with E-state index < -0.39 is 6.10 Å². The molecular weight excluding hydrogens is 248 g/mol. The summed E-state index contributed by atoms with van der Waals surface area (Å²) in [6, 6.07) is 4.73. The highest BCUT2D eigenvalue weighted by atomic mass is 16.6. The highest BCUT2D eigenvalue weighted by Crippen LogP contribution is 2.35. The Morgan fingerprint density at radius 2 is 2.32 bits per heavy atom. The molecule has 19 heavy (non-hydrogen) atoms. The van der Waals surface area contributed by atoms with E-state index in [9.17, 15) is 15.2 Å². The molecule has 1 aromatic carbocycles. The average molecular weight is 266 g/mol. The summed E-state index contributed by atoms with van der Waals surface area (Å²) < 4.78 is 5.12. The summed E-state index contributed by atoms with van der Waals surface area (Å²) in [5, 5.41) is 20.7. The number of anilines is 1. The number of rotatable bonds is 4. The summed E-state index contributed by atoms with van der Waals surface area (Å²) in [4.78, 5) is 12.6. The monoisotopic (exact) mass is 266 g/mol. The van der Waals surface area contributed by atoms with Crippen LogP contribution in [0.2, 0.25) is 0 Å². The van der Waals surface area contributed by atoms with E-state index in [1.807, 2.05) is 4.90 Å². The number of nitrogens with zero attached hydrogens (tertiary/aromatic N) is 2. The molecule has 1 aliphatic rings. The topological polar surface area (TPSA) is 75.8 Å². The summed E-state index contributed by atoms with van der Waals surface area (Å²) in [5.74, 6) is 0.756. The van der Waals surface area contributed by atoms with Gasteiger partial charge in [0.2, 0.25) is 0 Å². The third kappa shape index (κ3) is 2.78. The van der Waals surface area contributed by atoms with Crippen LogP contribution >= 0.6 is 0 Å². The van der Waals surface area contributed by atoms with Crippen LogP contribution in [0, 0.1) is 16.0 Å². The van der Waals surface area contributed by atoms with Gasteiger partial charge in [-0.2, -0.15) is 0 Å². The van der Waals surface area contributed by atoms with E-state index in [0.29, 0.717) is 24.5 Å². The van der Waals surface area contributed by atoms with Gasteiger partial charge in [0.25, 0.3) is 5.69 Å². The number of hydrogen-bond donors (Lipinski definition) is 1. The normalized spacial score (nSPS) is 20.4. The molecule has 1 N–H and O–H groups in total. The SMILES string of the molecule is COc1ccc([N+](=O)[O-])c(N2CCC(C(C)O)C2)c1. The Hall–Kier alpha value is -1.82. The molecule has 0 aliphatic carbocycles. The lowest BCUT2D eigenvalue weighted by molar-refractivity contribution is -0.384. The second-order valence-corrected chi connectivity index (χ2v) is 4.85. The molecule has 104 valence electrons. The molecule has 0 radical (unpaired) electrons. The highest BCUT2D eigenvalue weighted by molar-refractivity contribution is 5.66. The molecule has 0 aromatic heterocycles. The first-order valence-electron chi connectivity index (χ1n) is 6.28. The number of nitro groups is 1. The van der Waals surface area contributed by atoms with Gasteiger partial charge in [0, 0.05) is 31.1 Å². The number of aliphatic hydroxyl groups is 1. The molecule has 2 rings (SSSR count). The van der Waals surface area contributed by atoms with E-state index in [2.05, 4.69) is 0 Å². The van der Waals surface area contributed by atoms with Crippen molar-refractivity contribution < 1.29 is 14.8 Å². The minimum Gasteiger partial charge on any atom is -0.497 e. The van der Waals surface area contributed by atoms with Gasteiger partial charge in [-0.3, -0.25) is 10.1 Å². The van der Waals surface area contributed by atoms with Crippen molar-refractivity contribution in [3.05, 3.63) is 28.3 Å². The van der Waals surface area contributed by atoms with Crippen molar-refractivity contribution in [2.45, 2.75) is 19.4 Å². The van der Waals surface area contributed by atoms with Crippen molar-refractivity contribution >= 4 is 11.4 Å². The molecular formula is C13H18N2O4. The summed E-state index contributed by atoms with van der Waals surface area (Å²) in [6.45, 7) is 3.10. The van der Waals surface area contributed by atoms with Crippen LogP contribution in [0.1, 0.15) is 13.3 Å². The third-order valence-corrected chi connectivity index (χ3v) is 3.63. The predicted octanol–water partition coefficient (Wildman–Crippen LogP) is 1.81. The van der Waals surface area contributed by atoms with Crippen molar-refractivity contribution in [3.63, 3.8) is 0 Å². The summed E-state index contributed by atoms with van der Waals surface area (Å²) in [7, 11) is 1.54. The highest BCUT2D eigenvalue weighted by Gasteiger charge is 2.30. The van der Waals surface area contributed by atoms with E-state index >= 15 is 0 Å². The van der Waals surface area contributed by atoms with Crippen LogP contribution in [0.3, 0.4) is 0 Å². The number of ether oxygens (including phenoxy) is 1. The van der Waals surface area contributed by atoms with Crippen LogP contribution in [-0.4, -0.2) is 36.3 Å². The molecule has 1 saturated heterocycles. The lowest BCUT2D eigenvalue weighted by Gasteiger charge is -2.20. The van der Waals surface area contributed by atoms with E-state index in [1.165, 1.54) is 13.2 Å². The predicted molar refractivity (Wildman–Crippen MR) is 71.6 cm³/mol. The van der Waals surface area contributed by atoms with Gasteiger partial charge in [0.15, 0.2) is 0 Å². The zero-order chi connectivity index (χ0) is 14.0. The number of nitro benzene ring substituents is 1. The Morgan fingerprint density at radius 3 is 2.84 bits per heavy atom. The molecule has 6 nitrogen and oxygen atoms in total. The molecule has 0 bridgehead atoms. The Morgan fingerprint density at radius 1 is 1.58 bits per heavy atom. The average Bonchev–Trinajstić information content (AvgIpc) is 2.87. The Kier molecular flexibility index (Phi) is 3.90. The van der Waals surface area contributed by atoms with Gasteiger partial charge in [-0.05, 0) is 19.4 Å². The first-order valence-corrected chi connectivity index (χ1v) is 6.28. The van der Waals surface area contributed by atoms with Crippen molar-refractivity contribution in [2.75, 3.05) is 25.1 Å². The lowest BCUT2D eigenvalue weighted by Crippen LogP contribution is -2.24. The van der Waals surface area contributed by atoms with Crippen molar-refractivity contribution in [3.8, 4) is 5.75 Å². The van der Waals surface area contributed by atoms with Gasteiger partial charge in [-0.15, -0.1) is 0 Å². The first kappa shape index (κ1) is 13.6. The fourth-order valence-corrected chi connectivity index (χ4v) is 2.44. The molecule has 0 amide bonds. The molecule has 2 atom stereocenters. The van der Waals surface area contributed by atoms with Gasteiger partial charge in [0.05, 0.1) is 18.1 Å². The molecule has 1 fully saturated rings. The van der Waals surface area contributed by atoms with E-state index in [4.69, 9.17) is 4.74 Å². The van der Waals surface area contributed by atoms with Crippen LogP contribution < -0.4 is 9.64 Å². The third-order valence-electron chi connectivity index (χ3n) is 3.63. The zero-order valence-electron chi connectivity index (χ0n) is 11.1. The minimum atomic E-state index is -0.394. The molecule has 1 aromatic rings. The van der Waals surface area contributed by atoms with Gasteiger partial charge >= 0.3 is 0 Å². The molecule has 6 heteroatoms. The Labute approximate surface area is 111 Å². The number of benzene rings is 1. The number of methoxy groups -OCH3 is 1. The van der Waals surface area contributed by atoms with Crippen LogP contribution in [0.5, 0.6) is 5.75 Å². The van der Waals surface area contributed by atoms with E-state index in [1.54, 1.807) is 19.1 Å². The summed E-state index contributed by atoms with van der Waals surface area (Å²) in [5.41, 5.74) is 0.638. The maximum Gasteiger partial charge on any atom is 0.292 e. The van der Waals surface area contributed by atoms with Crippen molar-refractivity contribution in [2.24, 2.45) is 5.92 Å². The van der Waals surface area contributed by atoms with Crippen LogP contribution in [0.15, 0.2) is 18.2 Å². The summed E-state index contributed by atoms with van der Waals surface area (Å²) >= 11 is 0. The standard InChI is InChI=1S/C13H18N2O4/c1-9(16)10-5-6-14(8-10)13-7-11(19-2)3-4-12(13)15(17)18/h3-4,7,9-10,16H,5-6,8H2,1-2H3. The molecule has 0 saturated carbocycles. The second-order valence-electron chi connectivity index (χ2n) is 4.85. The summed E-state index contributed by atoms with van der Waals surface area (Å²) in [6.07, 6.45) is 0.445.